The second-order valence-corrected chi connectivity index (χ2v) is 5.03. The number of nitrogen functional groups attached to an aromatic ring is 1. The summed E-state index contributed by atoms with van der Waals surface area (Å²) in [5, 5.41) is 0. The van der Waals surface area contributed by atoms with Gasteiger partial charge >= 0.3 is 5.76 Å². The van der Waals surface area contributed by atoms with Crippen LogP contribution in [0.4, 0.5) is 5.95 Å². The number of nitrogens with two attached hydrogens (primary N) is 1. The van der Waals surface area contributed by atoms with Crippen LogP contribution in [0.2, 0.25) is 0 Å². The topological polar surface area (TPSA) is 79.0 Å². The van der Waals surface area contributed by atoms with E-state index in [0.29, 0.717) is 16.1 Å². The molecule has 0 saturated heterocycles. The van der Waals surface area contributed by atoms with Gasteiger partial charge in [-0.1, -0.05) is 0 Å². The molecular formula is C12H11BrN4O2. The highest BCUT2D eigenvalue weighted by Gasteiger charge is 2.14. The maximum atomic E-state index is 11.5. The molecule has 2 heterocycles. The molecule has 0 spiro atoms. The molecule has 0 aliphatic carbocycles. The predicted octanol–water partition coefficient (Wildman–Crippen LogP) is 1.88. The van der Waals surface area contributed by atoms with Crippen LogP contribution in [0.15, 0.2) is 32.0 Å². The van der Waals surface area contributed by atoms with Crippen molar-refractivity contribution in [3.8, 4) is 11.3 Å². The number of nitrogens with zero attached hydrogens (tertiary/aromatic N) is 3. The predicted molar refractivity (Wildman–Crippen MR) is 75.8 cm³/mol. The third kappa shape index (κ3) is 1.69. The summed E-state index contributed by atoms with van der Waals surface area (Å²) in [5.41, 5.74) is 8.82. The molecule has 19 heavy (non-hydrogen) atoms. The van der Waals surface area contributed by atoms with Gasteiger partial charge in [0.15, 0.2) is 5.58 Å². The molecular weight excluding hydrogens is 312 g/mol. The van der Waals surface area contributed by atoms with Crippen LogP contribution in [-0.2, 0) is 14.1 Å². The van der Waals surface area contributed by atoms with Gasteiger partial charge in [0.2, 0.25) is 5.95 Å². The molecule has 3 rings (SSSR count). The fourth-order valence-corrected chi connectivity index (χ4v) is 2.74. The van der Waals surface area contributed by atoms with E-state index in [2.05, 4.69) is 20.9 Å². The van der Waals surface area contributed by atoms with Crippen molar-refractivity contribution < 1.29 is 4.42 Å². The second kappa shape index (κ2) is 3.99. The van der Waals surface area contributed by atoms with Gasteiger partial charge in [0.05, 0.1) is 11.2 Å². The van der Waals surface area contributed by atoms with E-state index in [0.717, 1.165) is 16.8 Å². The molecule has 6 nitrogen and oxygen atoms in total. The Hall–Kier alpha value is -2.02. The fraction of sp³-hybridized carbons (Fsp3) is 0.167. The first-order chi connectivity index (χ1) is 8.99. The molecule has 98 valence electrons. The van der Waals surface area contributed by atoms with Gasteiger partial charge in [-0.15, -0.1) is 0 Å². The quantitative estimate of drug-likeness (QED) is 0.741. The van der Waals surface area contributed by atoms with Gasteiger partial charge in [-0.2, -0.15) is 0 Å². The van der Waals surface area contributed by atoms with Gasteiger partial charge in [0, 0.05) is 19.7 Å². The lowest BCUT2D eigenvalue weighted by molar-refractivity contribution is 0.528. The summed E-state index contributed by atoms with van der Waals surface area (Å²) in [4.78, 5) is 15.6. The number of aryl methyl sites for hydroxylation is 1. The molecule has 0 unspecified atom stereocenters. The molecule has 0 amide bonds. The lowest BCUT2D eigenvalue weighted by Crippen LogP contribution is -2.08. The first-order valence-electron chi connectivity index (χ1n) is 5.56. The van der Waals surface area contributed by atoms with E-state index in [1.54, 1.807) is 17.7 Å². The van der Waals surface area contributed by atoms with Gasteiger partial charge in [0.1, 0.15) is 4.60 Å². The SMILES string of the molecule is Cn1c(N)nc(Br)c1-c1ccc2oc(=O)n(C)c2c1. The summed E-state index contributed by atoms with van der Waals surface area (Å²) in [7, 11) is 3.51. The van der Waals surface area contributed by atoms with Gasteiger partial charge in [-0.25, -0.2) is 9.78 Å². The minimum atomic E-state index is -0.379. The number of aromatic nitrogens is 3. The molecule has 0 atom stereocenters. The molecule has 0 radical (unpaired) electrons. The summed E-state index contributed by atoms with van der Waals surface area (Å²) in [6.45, 7) is 0. The van der Waals surface area contributed by atoms with Crippen LogP contribution in [-0.4, -0.2) is 14.1 Å². The minimum absolute atomic E-state index is 0.379. The largest absolute Gasteiger partial charge is 0.419 e. The molecule has 2 aromatic heterocycles. The molecule has 0 bridgehead atoms. The van der Waals surface area contributed by atoms with Crippen LogP contribution in [0, 0.1) is 0 Å². The Balaban J connectivity index is 2.31. The van der Waals surface area contributed by atoms with Gasteiger partial charge in [0.25, 0.3) is 0 Å². The van der Waals surface area contributed by atoms with Crippen LogP contribution in [0.5, 0.6) is 0 Å². The molecule has 0 aliphatic rings. The maximum Gasteiger partial charge on any atom is 0.419 e. The van der Waals surface area contributed by atoms with E-state index in [4.69, 9.17) is 10.2 Å². The maximum absolute atomic E-state index is 11.5. The van der Waals surface area contributed by atoms with Gasteiger partial charge in [-0.3, -0.25) is 4.57 Å². The standard InChI is InChI=1S/C12H11BrN4O2/c1-16-7-5-6(3-4-8(7)19-12(16)18)9-10(13)15-11(14)17(9)2/h3-5H,1-2H3,(H2,14,15). The number of benzene rings is 1. The number of anilines is 1. The van der Waals surface area contributed by atoms with E-state index in [1.165, 1.54) is 4.57 Å². The number of hydrogen-bond donors (Lipinski definition) is 1. The average molecular weight is 323 g/mol. The highest BCUT2D eigenvalue weighted by atomic mass is 79.9. The molecule has 0 aliphatic heterocycles. The van der Waals surface area contributed by atoms with Crippen molar-refractivity contribution in [2.75, 3.05) is 5.73 Å². The molecule has 0 saturated carbocycles. The molecule has 7 heteroatoms. The Morgan fingerprint density at radius 1 is 1.32 bits per heavy atom. The minimum Gasteiger partial charge on any atom is -0.408 e. The van der Waals surface area contributed by atoms with E-state index in [1.807, 2.05) is 19.2 Å². The Kier molecular flexibility index (Phi) is 2.53. The highest BCUT2D eigenvalue weighted by molar-refractivity contribution is 9.10. The van der Waals surface area contributed by atoms with Gasteiger partial charge in [-0.05, 0) is 34.1 Å². The van der Waals surface area contributed by atoms with Crippen molar-refractivity contribution in [3.05, 3.63) is 33.4 Å². The summed E-state index contributed by atoms with van der Waals surface area (Å²) >= 11 is 3.39. The Labute approximate surface area is 116 Å². The third-order valence-electron chi connectivity index (χ3n) is 3.15. The van der Waals surface area contributed by atoms with Crippen LogP contribution in [0.3, 0.4) is 0 Å². The Bertz CT molecular complexity index is 843. The first-order valence-corrected chi connectivity index (χ1v) is 6.36. The smallest absolute Gasteiger partial charge is 0.408 e. The van der Waals surface area contributed by atoms with E-state index in [9.17, 15) is 4.79 Å². The Morgan fingerprint density at radius 3 is 2.68 bits per heavy atom. The summed E-state index contributed by atoms with van der Waals surface area (Å²) in [5.74, 6) is 0.0405. The fourth-order valence-electron chi connectivity index (χ4n) is 2.07. The second-order valence-electron chi connectivity index (χ2n) is 4.28. The average Bonchev–Trinajstić information content (AvgIpc) is 2.78. The summed E-state index contributed by atoms with van der Waals surface area (Å²) in [6.07, 6.45) is 0. The zero-order chi connectivity index (χ0) is 13.7. The number of hydrogen-bond acceptors (Lipinski definition) is 4. The molecule has 1 aromatic carbocycles. The van der Waals surface area contributed by atoms with Gasteiger partial charge < -0.3 is 14.7 Å². The first kappa shape index (κ1) is 12.0. The van der Waals surface area contributed by atoms with Crippen molar-refractivity contribution in [3.63, 3.8) is 0 Å². The van der Waals surface area contributed by atoms with E-state index >= 15 is 0 Å². The Morgan fingerprint density at radius 2 is 2.05 bits per heavy atom. The monoisotopic (exact) mass is 322 g/mol. The normalized spacial score (nSPS) is 11.3. The van der Waals surface area contributed by atoms with Crippen molar-refractivity contribution in [2.45, 2.75) is 0 Å². The van der Waals surface area contributed by atoms with Crippen molar-refractivity contribution in [2.24, 2.45) is 14.1 Å². The highest BCUT2D eigenvalue weighted by Crippen LogP contribution is 2.31. The van der Waals surface area contributed by atoms with Crippen molar-refractivity contribution >= 4 is 33.0 Å². The van der Waals surface area contributed by atoms with E-state index < -0.39 is 0 Å². The molecule has 0 fully saturated rings. The van der Waals surface area contributed by atoms with Crippen molar-refractivity contribution in [1.29, 1.82) is 0 Å². The number of halogens is 1. The van der Waals surface area contributed by atoms with E-state index in [-0.39, 0.29) is 5.76 Å². The number of oxazole rings is 1. The van der Waals surface area contributed by atoms with Crippen molar-refractivity contribution in [1.82, 2.24) is 14.1 Å². The van der Waals surface area contributed by atoms with Crippen LogP contribution >= 0.6 is 15.9 Å². The summed E-state index contributed by atoms with van der Waals surface area (Å²) in [6, 6.07) is 5.51. The van der Waals surface area contributed by atoms with Crippen LogP contribution in [0.25, 0.3) is 22.4 Å². The summed E-state index contributed by atoms with van der Waals surface area (Å²) < 4.78 is 9.02. The zero-order valence-electron chi connectivity index (χ0n) is 10.3. The lowest BCUT2D eigenvalue weighted by Gasteiger charge is -2.04. The lowest BCUT2D eigenvalue weighted by atomic mass is 10.1. The third-order valence-corrected chi connectivity index (χ3v) is 3.70. The van der Waals surface area contributed by atoms with Crippen LogP contribution in [0.1, 0.15) is 0 Å². The number of rotatable bonds is 1. The molecule has 3 aromatic rings. The zero-order valence-corrected chi connectivity index (χ0v) is 11.9. The number of fused-ring (bicyclic) bond motifs is 1. The van der Waals surface area contributed by atoms with Crippen LogP contribution < -0.4 is 11.5 Å². The number of imidazole rings is 1. The molecule has 2 N–H and O–H groups in total.